The van der Waals surface area contributed by atoms with E-state index in [1.807, 2.05) is 0 Å². The Labute approximate surface area is 137 Å². The van der Waals surface area contributed by atoms with Crippen molar-refractivity contribution in [1.29, 1.82) is 5.26 Å². The molecule has 0 radical (unpaired) electrons. The van der Waals surface area contributed by atoms with Crippen molar-refractivity contribution >= 4 is 22.7 Å². The van der Waals surface area contributed by atoms with Gasteiger partial charge in [0.25, 0.3) is 0 Å². The van der Waals surface area contributed by atoms with Crippen LogP contribution >= 0.6 is 0 Å². The number of carbonyl (C=O) groups is 2. The van der Waals surface area contributed by atoms with Crippen LogP contribution in [0.2, 0.25) is 0 Å². The average Bonchev–Trinajstić information content (AvgIpc) is 2.93. The molecule has 4 N–H and O–H groups in total. The second kappa shape index (κ2) is 7.57. The van der Waals surface area contributed by atoms with E-state index in [2.05, 4.69) is 15.6 Å². The summed E-state index contributed by atoms with van der Waals surface area (Å²) >= 11 is 0. The first-order chi connectivity index (χ1) is 11.4. The Kier molecular flexibility index (Phi) is 5.50. The molecule has 1 aromatic heterocycles. The molecular formula is C16H17FN4O3. The van der Waals surface area contributed by atoms with E-state index in [9.17, 15) is 14.0 Å². The van der Waals surface area contributed by atoms with Gasteiger partial charge in [0.1, 0.15) is 17.9 Å². The van der Waals surface area contributed by atoms with E-state index < -0.39 is 30.5 Å². The Morgan fingerprint density at radius 3 is 2.79 bits per heavy atom. The van der Waals surface area contributed by atoms with Crippen molar-refractivity contribution in [1.82, 2.24) is 15.6 Å². The molecule has 0 aliphatic rings. The summed E-state index contributed by atoms with van der Waals surface area (Å²) < 4.78 is 13.2. The van der Waals surface area contributed by atoms with Crippen LogP contribution in [0.4, 0.5) is 4.39 Å². The molecule has 0 saturated carbocycles. The fourth-order valence-electron chi connectivity index (χ4n) is 2.39. The first-order valence-electron chi connectivity index (χ1n) is 7.28. The Balaban J connectivity index is 2.23. The van der Waals surface area contributed by atoms with Crippen LogP contribution in [0.3, 0.4) is 0 Å². The molecule has 8 heteroatoms. The van der Waals surface area contributed by atoms with Gasteiger partial charge in [0, 0.05) is 30.4 Å². The third-order valence-electron chi connectivity index (χ3n) is 3.50. The van der Waals surface area contributed by atoms with Crippen molar-refractivity contribution in [3.63, 3.8) is 0 Å². The van der Waals surface area contributed by atoms with Crippen LogP contribution in [0.25, 0.3) is 10.9 Å². The molecule has 2 unspecified atom stereocenters. The monoisotopic (exact) mass is 332 g/mol. The summed E-state index contributed by atoms with van der Waals surface area (Å²) in [4.78, 5) is 26.5. The van der Waals surface area contributed by atoms with E-state index >= 15 is 0 Å². The molecule has 0 spiro atoms. The highest BCUT2D eigenvalue weighted by atomic mass is 19.1. The maximum atomic E-state index is 13.2. The lowest BCUT2D eigenvalue weighted by Crippen LogP contribution is -2.50. The van der Waals surface area contributed by atoms with Gasteiger partial charge in [0.05, 0.1) is 12.7 Å². The van der Waals surface area contributed by atoms with E-state index in [0.717, 1.165) is 10.9 Å². The van der Waals surface area contributed by atoms with Crippen LogP contribution in [-0.2, 0) is 16.0 Å². The molecule has 0 bridgehead atoms. The lowest BCUT2D eigenvalue weighted by molar-refractivity contribution is -0.128. The van der Waals surface area contributed by atoms with Crippen LogP contribution in [0.15, 0.2) is 24.4 Å². The maximum Gasteiger partial charge on any atom is 0.244 e. The Hall–Kier alpha value is -2.92. The lowest BCUT2D eigenvalue weighted by atomic mass is 10.0. The number of aromatic nitrogens is 1. The van der Waals surface area contributed by atoms with E-state index in [1.165, 1.54) is 19.1 Å². The van der Waals surface area contributed by atoms with E-state index in [-0.39, 0.29) is 12.2 Å². The summed E-state index contributed by atoms with van der Waals surface area (Å²) in [5, 5.41) is 23.4. The summed E-state index contributed by atoms with van der Waals surface area (Å²) in [6, 6.07) is 4.01. The van der Waals surface area contributed by atoms with Gasteiger partial charge < -0.3 is 20.7 Å². The van der Waals surface area contributed by atoms with Gasteiger partial charge in [-0.1, -0.05) is 0 Å². The molecule has 24 heavy (non-hydrogen) atoms. The number of nitrogens with zero attached hydrogens (tertiary/aromatic N) is 1. The number of aliphatic hydroxyl groups excluding tert-OH is 1. The quantitative estimate of drug-likeness (QED) is 0.610. The molecule has 0 aliphatic heterocycles. The number of fused-ring (bicyclic) bond motifs is 1. The van der Waals surface area contributed by atoms with Crippen molar-refractivity contribution in [3.8, 4) is 6.07 Å². The van der Waals surface area contributed by atoms with Gasteiger partial charge in [-0.2, -0.15) is 5.26 Å². The van der Waals surface area contributed by atoms with Crippen LogP contribution in [-0.4, -0.2) is 40.6 Å². The number of hydrogen-bond donors (Lipinski definition) is 4. The third kappa shape index (κ3) is 4.08. The number of rotatable bonds is 6. The molecule has 7 nitrogen and oxygen atoms in total. The summed E-state index contributed by atoms with van der Waals surface area (Å²) in [5.74, 6) is -1.37. The van der Waals surface area contributed by atoms with Crippen molar-refractivity contribution < 1.29 is 19.1 Å². The molecule has 0 saturated heterocycles. The second-order valence-electron chi connectivity index (χ2n) is 5.33. The molecule has 1 heterocycles. The zero-order chi connectivity index (χ0) is 17.7. The number of halogens is 1. The van der Waals surface area contributed by atoms with E-state index in [0.29, 0.717) is 5.52 Å². The molecule has 1 aromatic carbocycles. The smallest absolute Gasteiger partial charge is 0.244 e. The number of benzene rings is 1. The predicted molar refractivity (Wildman–Crippen MR) is 84.2 cm³/mol. The highest BCUT2D eigenvalue weighted by Crippen LogP contribution is 2.20. The number of aliphatic hydroxyl groups is 1. The Morgan fingerprint density at radius 2 is 2.17 bits per heavy atom. The fourth-order valence-corrected chi connectivity index (χ4v) is 2.39. The third-order valence-corrected chi connectivity index (χ3v) is 3.50. The standard InChI is InChI=1S/C16H17FN4O3/c1-9(23)20-15(16(24)21-12(6-18)8-22)4-10-7-19-14-5-11(17)2-3-13(10)14/h2-3,5,7,12,15,19,22H,4,8H2,1H3,(H,20,23)(H,21,24). The number of aromatic amines is 1. The number of nitrogens with one attached hydrogen (secondary N) is 3. The van der Waals surface area contributed by atoms with Gasteiger partial charge >= 0.3 is 0 Å². The summed E-state index contributed by atoms with van der Waals surface area (Å²) in [7, 11) is 0. The van der Waals surface area contributed by atoms with Crippen molar-refractivity contribution in [2.75, 3.05) is 6.61 Å². The Bertz CT molecular complexity index is 796. The van der Waals surface area contributed by atoms with Crippen molar-refractivity contribution in [2.45, 2.75) is 25.4 Å². The van der Waals surface area contributed by atoms with Crippen molar-refractivity contribution in [3.05, 3.63) is 35.8 Å². The van der Waals surface area contributed by atoms with Gasteiger partial charge in [0.15, 0.2) is 0 Å². The van der Waals surface area contributed by atoms with Crippen LogP contribution in [0, 0.1) is 17.1 Å². The maximum absolute atomic E-state index is 13.2. The molecule has 2 aromatic rings. The van der Waals surface area contributed by atoms with Gasteiger partial charge in [0.2, 0.25) is 11.8 Å². The number of amides is 2. The topological polar surface area (TPSA) is 118 Å². The zero-order valence-corrected chi connectivity index (χ0v) is 13.0. The minimum absolute atomic E-state index is 0.153. The van der Waals surface area contributed by atoms with Crippen molar-refractivity contribution in [2.24, 2.45) is 0 Å². The van der Waals surface area contributed by atoms with Gasteiger partial charge in [-0.3, -0.25) is 9.59 Å². The number of carbonyl (C=O) groups excluding carboxylic acids is 2. The lowest BCUT2D eigenvalue weighted by Gasteiger charge is -2.19. The summed E-state index contributed by atoms with van der Waals surface area (Å²) in [6.07, 6.45) is 1.79. The predicted octanol–water partition coefficient (Wildman–Crippen LogP) is 0.355. The summed E-state index contributed by atoms with van der Waals surface area (Å²) in [6.45, 7) is 0.750. The highest BCUT2D eigenvalue weighted by molar-refractivity contribution is 5.89. The van der Waals surface area contributed by atoms with Gasteiger partial charge in [-0.05, 0) is 23.8 Å². The minimum atomic E-state index is -1.05. The number of nitriles is 1. The summed E-state index contributed by atoms with van der Waals surface area (Å²) in [5.41, 5.74) is 1.30. The molecule has 0 fully saturated rings. The number of H-pyrrole nitrogens is 1. The normalized spacial score (nSPS) is 13.1. The van der Waals surface area contributed by atoms with Crippen LogP contribution < -0.4 is 10.6 Å². The first kappa shape index (κ1) is 17.4. The molecule has 2 atom stereocenters. The average molecular weight is 332 g/mol. The first-order valence-corrected chi connectivity index (χ1v) is 7.28. The fraction of sp³-hybridized carbons (Fsp3) is 0.312. The van der Waals surface area contributed by atoms with Crippen LogP contribution in [0.5, 0.6) is 0 Å². The Morgan fingerprint density at radius 1 is 1.42 bits per heavy atom. The zero-order valence-electron chi connectivity index (χ0n) is 13.0. The molecule has 0 aliphatic carbocycles. The van der Waals surface area contributed by atoms with Crippen LogP contribution in [0.1, 0.15) is 12.5 Å². The second-order valence-corrected chi connectivity index (χ2v) is 5.33. The van der Waals surface area contributed by atoms with Gasteiger partial charge in [-0.15, -0.1) is 0 Å². The van der Waals surface area contributed by atoms with E-state index in [1.54, 1.807) is 18.3 Å². The largest absolute Gasteiger partial charge is 0.393 e. The molecular weight excluding hydrogens is 315 g/mol. The molecule has 2 amide bonds. The molecule has 2 rings (SSSR count). The van der Waals surface area contributed by atoms with E-state index in [4.69, 9.17) is 10.4 Å². The highest BCUT2D eigenvalue weighted by Gasteiger charge is 2.23. The minimum Gasteiger partial charge on any atom is -0.393 e. The SMILES string of the molecule is CC(=O)NC(Cc1c[nH]c2cc(F)ccc12)C(=O)NC(C#N)CO. The number of hydrogen-bond acceptors (Lipinski definition) is 4. The van der Waals surface area contributed by atoms with Gasteiger partial charge in [-0.25, -0.2) is 4.39 Å². The molecule has 126 valence electrons.